The molecule has 0 saturated heterocycles. The summed E-state index contributed by atoms with van der Waals surface area (Å²) in [5.41, 5.74) is 0. The minimum absolute atomic E-state index is 0.133. The molecule has 0 heterocycles. The number of hydrogen-bond acceptors (Lipinski definition) is 3. The second kappa shape index (κ2) is 7.35. The normalized spacial score (nSPS) is 11.7. The Labute approximate surface area is 110 Å². The topological polar surface area (TPSA) is 75.6 Å². The van der Waals surface area contributed by atoms with Gasteiger partial charge in [-0.15, -0.1) is 0 Å². The average molecular weight is 269 g/mol. The summed E-state index contributed by atoms with van der Waals surface area (Å²) >= 11 is 0. The van der Waals surface area contributed by atoms with Crippen molar-refractivity contribution >= 4 is 11.9 Å². The Balaban J connectivity index is 2.55. The fourth-order valence-electron chi connectivity index (χ4n) is 1.38. The first-order valence-electron chi connectivity index (χ1n) is 5.94. The molecule has 0 aromatic heterocycles. The highest BCUT2D eigenvalue weighted by molar-refractivity contribution is 5.78. The summed E-state index contributed by atoms with van der Waals surface area (Å²) in [5, 5.41) is 11.5. The van der Waals surface area contributed by atoms with Crippen LogP contribution in [0.15, 0.2) is 24.3 Å². The molecule has 19 heavy (non-hydrogen) atoms. The maximum absolute atomic E-state index is 12.7. The Morgan fingerprint density at radius 1 is 1.37 bits per heavy atom. The third kappa shape index (κ3) is 5.37. The minimum Gasteiger partial charge on any atom is -0.478 e. The van der Waals surface area contributed by atoms with Crippen molar-refractivity contribution in [3.05, 3.63) is 30.1 Å². The van der Waals surface area contributed by atoms with Crippen LogP contribution < -0.4 is 10.1 Å². The second-order valence-electron chi connectivity index (χ2n) is 3.95. The number of carbonyl (C=O) groups excluding carboxylic acids is 1. The number of aliphatic carboxylic acids is 1. The van der Waals surface area contributed by atoms with Crippen molar-refractivity contribution in [3.63, 3.8) is 0 Å². The number of carbonyl (C=O) groups is 2. The van der Waals surface area contributed by atoms with Crippen molar-refractivity contribution in [3.8, 4) is 5.75 Å². The predicted molar refractivity (Wildman–Crippen MR) is 66.4 cm³/mol. The van der Waals surface area contributed by atoms with Crippen molar-refractivity contribution in [2.45, 2.75) is 25.9 Å². The van der Waals surface area contributed by atoms with E-state index in [9.17, 15) is 14.0 Å². The van der Waals surface area contributed by atoms with Gasteiger partial charge >= 0.3 is 5.97 Å². The van der Waals surface area contributed by atoms with Gasteiger partial charge in [-0.3, -0.25) is 4.79 Å². The molecule has 1 atom stereocenters. The van der Waals surface area contributed by atoms with Crippen LogP contribution in [0, 0.1) is 5.82 Å². The lowest BCUT2D eigenvalue weighted by molar-refractivity contribution is -0.145. The SMILES string of the molecule is CCCC(=O)NCC(Oc1ccc(F)cc1)C(=O)O. The maximum Gasteiger partial charge on any atom is 0.346 e. The molecule has 0 aliphatic rings. The summed E-state index contributed by atoms with van der Waals surface area (Å²) < 4.78 is 17.9. The molecule has 1 unspecified atom stereocenters. The molecule has 0 spiro atoms. The van der Waals surface area contributed by atoms with Gasteiger partial charge in [-0.05, 0) is 30.7 Å². The zero-order valence-corrected chi connectivity index (χ0v) is 10.6. The van der Waals surface area contributed by atoms with Gasteiger partial charge in [0.1, 0.15) is 11.6 Å². The summed E-state index contributed by atoms with van der Waals surface area (Å²) in [7, 11) is 0. The molecule has 6 heteroatoms. The van der Waals surface area contributed by atoms with Gasteiger partial charge in [-0.25, -0.2) is 9.18 Å². The van der Waals surface area contributed by atoms with Crippen molar-refractivity contribution < 1.29 is 23.8 Å². The number of nitrogens with one attached hydrogen (secondary N) is 1. The van der Waals surface area contributed by atoms with Crippen LogP contribution in [0.2, 0.25) is 0 Å². The molecule has 1 aromatic carbocycles. The van der Waals surface area contributed by atoms with Crippen LogP contribution in [0.4, 0.5) is 4.39 Å². The quantitative estimate of drug-likeness (QED) is 0.788. The van der Waals surface area contributed by atoms with Gasteiger partial charge in [0.15, 0.2) is 0 Å². The molecule has 2 N–H and O–H groups in total. The number of hydrogen-bond donors (Lipinski definition) is 2. The Kier molecular flexibility index (Phi) is 5.78. The molecule has 0 bridgehead atoms. The largest absolute Gasteiger partial charge is 0.478 e. The van der Waals surface area contributed by atoms with Gasteiger partial charge in [0.25, 0.3) is 0 Å². The van der Waals surface area contributed by atoms with E-state index in [0.717, 1.165) is 0 Å². The first-order chi connectivity index (χ1) is 9.02. The molecular formula is C13H16FNO4. The van der Waals surface area contributed by atoms with E-state index < -0.39 is 17.9 Å². The average Bonchev–Trinajstić information content (AvgIpc) is 2.36. The Morgan fingerprint density at radius 3 is 2.53 bits per heavy atom. The molecule has 0 aliphatic carbocycles. The lowest BCUT2D eigenvalue weighted by Gasteiger charge is -2.15. The molecule has 5 nitrogen and oxygen atoms in total. The maximum atomic E-state index is 12.7. The van der Waals surface area contributed by atoms with Gasteiger partial charge < -0.3 is 15.2 Å². The Bertz CT molecular complexity index is 433. The summed E-state index contributed by atoms with van der Waals surface area (Å²) in [5.74, 6) is -1.62. The smallest absolute Gasteiger partial charge is 0.346 e. The molecule has 0 saturated carbocycles. The number of carboxylic acids is 1. The highest BCUT2D eigenvalue weighted by atomic mass is 19.1. The molecule has 0 radical (unpaired) electrons. The van der Waals surface area contributed by atoms with Crippen LogP contribution >= 0.6 is 0 Å². The van der Waals surface area contributed by atoms with Crippen molar-refractivity contribution in [1.82, 2.24) is 5.32 Å². The molecule has 0 aliphatic heterocycles. The van der Waals surface area contributed by atoms with E-state index >= 15 is 0 Å². The van der Waals surface area contributed by atoms with Crippen LogP contribution in [0.25, 0.3) is 0 Å². The number of benzene rings is 1. The third-order valence-electron chi connectivity index (χ3n) is 2.33. The number of halogens is 1. The van der Waals surface area contributed by atoms with Gasteiger partial charge in [0.05, 0.1) is 6.54 Å². The van der Waals surface area contributed by atoms with Crippen LogP contribution in [0.1, 0.15) is 19.8 Å². The fraction of sp³-hybridized carbons (Fsp3) is 0.385. The minimum atomic E-state index is -1.20. The molecule has 1 aromatic rings. The first kappa shape index (κ1) is 14.9. The van der Waals surface area contributed by atoms with Crippen molar-refractivity contribution in [2.75, 3.05) is 6.54 Å². The van der Waals surface area contributed by atoms with E-state index in [4.69, 9.17) is 9.84 Å². The van der Waals surface area contributed by atoms with E-state index in [1.54, 1.807) is 0 Å². The van der Waals surface area contributed by atoms with Gasteiger partial charge in [0, 0.05) is 6.42 Å². The van der Waals surface area contributed by atoms with E-state index in [2.05, 4.69) is 5.32 Å². The number of ether oxygens (including phenoxy) is 1. The summed E-state index contributed by atoms with van der Waals surface area (Å²) in [6.45, 7) is 1.72. The van der Waals surface area contributed by atoms with Crippen molar-refractivity contribution in [1.29, 1.82) is 0 Å². The summed E-state index contributed by atoms with van der Waals surface area (Å²) in [6, 6.07) is 5.01. The van der Waals surface area contributed by atoms with E-state index in [1.807, 2.05) is 6.92 Å². The predicted octanol–water partition coefficient (Wildman–Crippen LogP) is 1.57. The van der Waals surface area contributed by atoms with E-state index in [1.165, 1.54) is 24.3 Å². The van der Waals surface area contributed by atoms with Crippen LogP contribution in [-0.2, 0) is 9.59 Å². The molecule has 104 valence electrons. The number of amides is 1. The monoisotopic (exact) mass is 269 g/mol. The van der Waals surface area contributed by atoms with Gasteiger partial charge in [0.2, 0.25) is 12.0 Å². The molecule has 0 fully saturated rings. The standard InChI is InChI=1S/C13H16FNO4/c1-2-3-12(16)15-8-11(13(17)18)19-10-6-4-9(14)5-7-10/h4-7,11H,2-3,8H2,1H3,(H,15,16)(H,17,18). The van der Waals surface area contributed by atoms with Gasteiger partial charge in [-0.1, -0.05) is 6.92 Å². The highest BCUT2D eigenvalue weighted by Crippen LogP contribution is 2.13. The summed E-state index contributed by atoms with van der Waals surface area (Å²) in [6.07, 6.45) is -0.183. The zero-order valence-electron chi connectivity index (χ0n) is 10.6. The highest BCUT2D eigenvalue weighted by Gasteiger charge is 2.20. The lowest BCUT2D eigenvalue weighted by Crippen LogP contribution is -2.40. The molecule has 1 rings (SSSR count). The molecular weight excluding hydrogens is 253 g/mol. The number of carboxylic acid groups (broad SMARTS) is 1. The van der Waals surface area contributed by atoms with Crippen LogP contribution in [0.3, 0.4) is 0 Å². The third-order valence-corrected chi connectivity index (χ3v) is 2.33. The fourth-order valence-corrected chi connectivity index (χ4v) is 1.38. The van der Waals surface area contributed by atoms with Crippen LogP contribution in [-0.4, -0.2) is 29.6 Å². The van der Waals surface area contributed by atoms with Crippen LogP contribution in [0.5, 0.6) is 5.75 Å². The molecule has 1 amide bonds. The van der Waals surface area contributed by atoms with Gasteiger partial charge in [-0.2, -0.15) is 0 Å². The summed E-state index contributed by atoms with van der Waals surface area (Å²) in [4.78, 5) is 22.2. The lowest BCUT2D eigenvalue weighted by atomic mass is 10.3. The van der Waals surface area contributed by atoms with Crippen molar-refractivity contribution in [2.24, 2.45) is 0 Å². The Hall–Kier alpha value is -2.11. The Morgan fingerprint density at radius 2 is 2.00 bits per heavy atom. The first-order valence-corrected chi connectivity index (χ1v) is 5.94. The number of rotatable bonds is 7. The van der Waals surface area contributed by atoms with E-state index in [-0.39, 0.29) is 18.2 Å². The van der Waals surface area contributed by atoms with E-state index in [0.29, 0.717) is 12.8 Å². The zero-order chi connectivity index (χ0) is 14.3. The second-order valence-corrected chi connectivity index (χ2v) is 3.95.